The molecule has 94 valence electrons. The van der Waals surface area contributed by atoms with Crippen molar-refractivity contribution in [2.24, 2.45) is 0 Å². The summed E-state index contributed by atoms with van der Waals surface area (Å²) < 4.78 is 18.7. The standard InChI is InChI=1S/C12H7Cl3FNO/c1-18-6-2-8(12(16)17-5-6)7-3-10(14)11(15)4-9(7)13/h2-5H,1H3. The number of aromatic nitrogens is 1. The molecule has 0 fully saturated rings. The largest absolute Gasteiger partial charge is 0.495 e. The van der Waals surface area contributed by atoms with Gasteiger partial charge in [-0.2, -0.15) is 4.39 Å². The molecule has 1 heterocycles. The van der Waals surface area contributed by atoms with Crippen LogP contribution in [0, 0.1) is 5.95 Å². The number of nitrogens with zero attached hydrogens (tertiary/aromatic N) is 1. The lowest BCUT2D eigenvalue weighted by atomic mass is 10.1. The number of benzene rings is 1. The first kappa shape index (κ1) is 13.4. The van der Waals surface area contributed by atoms with Crippen LogP contribution in [0.15, 0.2) is 24.4 Å². The molecule has 2 nitrogen and oxygen atoms in total. The smallest absolute Gasteiger partial charge is 0.221 e. The van der Waals surface area contributed by atoms with Gasteiger partial charge in [-0.15, -0.1) is 0 Å². The van der Waals surface area contributed by atoms with E-state index in [2.05, 4.69) is 4.98 Å². The lowest BCUT2D eigenvalue weighted by Gasteiger charge is -2.09. The van der Waals surface area contributed by atoms with E-state index >= 15 is 0 Å². The molecule has 0 atom stereocenters. The van der Waals surface area contributed by atoms with Gasteiger partial charge < -0.3 is 4.74 Å². The molecule has 18 heavy (non-hydrogen) atoms. The van der Waals surface area contributed by atoms with E-state index in [0.717, 1.165) is 0 Å². The summed E-state index contributed by atoms with van der Waals surface area (Å²) in [5.74, 6) is -0.232. The van der Waals surface area contributed by atoms with Gasteiger partial charge in [-0.3, -0.25) is 0 Å². The first-order chi connectivity index (χ1) is 8.52. The molecule has 6 heteroatoms. The van der Waals surface area contributed by atoms with E-state index in [1.165, 1.54) is 31.5 Å². The van der Waals surface area contributed by atoms with Crippen molar-refractivity contribution >= 4 is 34.8 Å². The van der Waals surface area contributed by atoms with Crippen LogP contribution in [0.4, 0.5) is 4.39 Å². The third kappa shape index (κ3) is 2.53. The van der Waals surface area contributed by atoms with Crippen molar-refractivity contribution in [3.63, 3.8) is 0 Å². The zero-order valence-electron chi connectivity index (χ0n) is 9.18. The van der Waals surface area contributed by atoms with Crippen LogP contribution < -0.4 is 4.74 Å². The maximum Gasteiger partial charge on any atom is 0.221 e. The summed E-state index contributed by atoms with van der Waals surface area (Å²) in [5.41, 5.74) is 0.618. The Kier molecular flexibility index (Phi) is 3.95. The highest BCUT2D eigenvalue weighted by atomic mass is 35.5. The molecule has 0 aliphatic carbocycles. The molecule has 0 aliphatic rings. The molecule has 0 aliphatic heterocycles. The van der Waals surface area contributed by atoms with E-state index in [1.54, 1.807) is 0 Å². The minimum Gasteiger partial charge on any atom is -0.495 e. The van der Waals surface area contributed by atoms with Gasteiger partial charge in [0.25, 0.3) is 0 Å². The molecule has 0 amide bonds. The lowest BCUT2D eigenvalue weighted by Crippen LogP contribution is -1.93. The van der Waals surface area contributed by atoms with Crippen molar-refractivity contribution in [3.05, 3.63) is 45.4 Å². The Morgan fingerprint density at radius 1 is 1.00 bits per heavy atom. The van der Waals surface area contributed by atoms with Crippen LogP contribution in [0.1, 0.15) is 0 Å². The van der Waals surface area contributed by atoms with E-state index < -0.39 is 5.95 Å². The Labute approximate surface area is 118 Å². The molecule has 1 aromatic heterocycles. The molecule has 0 radical (unpaired) electrons. The second-order valence-corrected chi connectivity index (χ2v) is 4.68. The van der Waals surface area contributed by atoms with Gasteiger partial charge >= 0.3 is 0 Å². The first-order valence-corrected chi connectivity index (χ1v) is 6.00. The van der Waals surface area contributed by atoms with Crippen LogP contribution in [-0.4, -0.2) is 12.1 Å². The quantitative estimate of drug-likeness (QED) is 0.584. The van der Waals surface area contributed by atoms with Gasteiger partial charge in [-0.05, 0) is 18.2 Å². The summed E-state index contributed by atoms with van der Waals surface area (Å²) >= 11 is 17.7. The topological polar surface area (TPSA) is 22.1 Å². The maximum atomic E-state index is 13.7. The third-order valence-corrected chi connectivity index (χ3v) is 3.38. The molecule has 0 saturated carbocycles. The van der Waals surface area contributed by atoms with Crippen LogP contribution in [0.25, 0.3) is 11.1 Å². The maximum absolute atomic E-state index is 13.7. The number of halogens is 4. The fourth-order valence-corrected chi connectivity index (χ4v) is 2.11. The fraction of sp³-hybridized carbons (Fsp3) is 0.0833. The Morgan fingerprint density at radius 2 is 1.67 bits per heavy atom. The van der Waals surface area contributed by atoms with E-state index in [0.29, 0.717) is 26.4 Å². The van der Waals surface area contributed by atoms with Gasteiger partial charge in [0.05, 0.1) is 28.4 Å². The molecule has 0 N–H and O–H groups in total. The number of pyridine rings is 1. The third-order valence-electron chi connectivity index (χ3n) is 2.35. The van der Waals surface area contributed by atoms with Crippen LogP contribution >= 0.6 is 34.8 Å². The number of methoxy groups -OCH3 is 1. The Bertz CT molecular complexity index is 604. The van der Waals surface area contributed by atoms with Crippen molar-refractivity contribution in [3.8, 4) is 16.9 Å². The van der Waals surface area contributed by atoms with Crippen molar-refractivity contribution in [1.82, 2.24) is 4.98 Å². The summed E-state index contributed by atoms with van der Waals surface area (Å²) in [4.78, 5) is 3.59. The summed E-state index contributed by atoms with van der Waals surface area (Å²) in [6.45, 7) is 0. The molecule has 1 aromatic carbocycles. The summed E-state index contributed by atoms with van der Waals surface area (Å²) in [7, 11) is 1.47. The summed E-state index contributed by atoms with van der Waals surface area (Å²) in [6.07, 6.45) is 1.28. The molecule has 2 rings (SSSR count). The SMILES string of the molecule is COc1cnc(F)c(-c2cc(Cl)c(Cl)cc2Cl)c1. The number of hydrogen-bond acceptors (Lipinski definition) is 2. The normalized spacial score (nSPS) is 10.5. The molecule has 0 bridgehead atoms. The van der Waals surface area contributed by atoms with E-state index in [4.69, 9.17) is 39.5 Å². The first-order valence-electron chi connectivity index (χ1n) is 4.87. The van der Waals surface area contributed by atoms with Crippen molar-refractivity contribution in [1.29, 1.82) is 0 Å². The minimum atomic E-state index is -0.656. The second kappa shape index (κ2) is 5.31. The number of rotatable bonds is 2. The van der Waals surface area contributed by atoms with Gasteiger partial charge in [-0.25, -0.2) is 4.98 Å². The minimum absolute atomic E-state index is 0.206. The highest BCUT2D eigenvalue weighted by Gasteiger charge is 2.14. The van der Waals surface area contributed by atoms with Crippen LogP contribution in [0.3, 0.4) is 0 Å². The van der Waals surface area contributed by atoms with Crippen LogP contribution in [-0.2, 0) is 0 Å². The number of ether oxygens (including phenoxy) is 1. The Morgan fingerprint density at radius 3 is 2.33 bits per heavy atom. The summed E-state index contributed by atoms with van der Waals surface area (Å²) in [5, 5.41) is 0.887. The van der Waals surface area contributed by atoms with Gasteiger partial charge in [0.15, 0.2) is 0 Å². The monoisotopic (exact) mass is 305 g/mol. The van der Waals surface area contributed by atoms with E-state index in [1.807, 2.05) is 0 Å². The van der Waals surface area contributed by atoms with Crippen LogP contribution in [0.5, 0.6) is 5.75 Å². The second-order valence-electron chi connectivity index (χ2n) is 3.46. The molecule has 0 spiro atoms. The zero-order chi connectivity index (χ0) is 13.3. The zero-order valence-corrected chi connectivity index (χ0v) is 11.4. The predicted octanol–water partition coefficient (Wildman–Crippen LogP) is 4.86. The lowest BCUT2D eigenvalue weighted by molar-refractivity contribution is 0.410. The summed E-state index contributed by atoms with van der Waals surface area (Å²) in [6, 6.07) is 4.44. The van der Waals surface area contributed by atoms with Crippen molar-refractivity contribution in [2.45, 2.75) is 0 Å². The van der Waals surface area contributed by atoms with Gasteiger partial charge in [0.2, 0.25) is 5.95 Å². The fourth-order valence-electron chi connectivity index (χ4n) is 1.46. The Hall–Kier alpha value is -1.03. The highest BCUT2D eigenvalue weighted by Crippen LogP contribution is 2.36. The molecule has 0 saturated heterocycles. The molecular formula is C12H7Cl3FNO. The van der Waals surface area contributed by atoms with Gasteiger partial charge in [-0.1, -0.05) is 34.8 Å². The highest BCUT2D eigenvalue weighted by molar-refractivity contribution is 6.44. The van der Waals surface area contributed by atoms with Crippen molar-refractivity contribution in [2.75, 3.05) is 7.11 Å². The van der Waals surface area contributed by atoms with Crippen molar-refractivity contribution < 1.29 is 9.13 Å². The Balaban J connectivity index is 2.64. The molecular weight excluding hydrogens is 299 g/mol. The molecule has 0 unspecified atom stereocenters. The average molecular weight is 307 g/mol. The predicted molar refractivity (Wildman–Crippen MR) is 71.2 cm³/mol. The average Bonchev–Trinajstić information content (AvgIpc) is 2.35. The van der Waals surface area contributed by atoms with Crippen LogP contribution in [0.2, 0.25) is 15.1 Å². The van der Waals surface area contributed by atoms with E-state index in [9.17, 15) is 4.39 Å². The van der Waals surface area contributed by atoms with E-state index in [-0.39, 0.29) is 5.56 Å². The molecule has 2 aromatic rings. The van der Waals surface area contributed by atoms with Gasteiger partial charge in [0, 0.05) is 11.1 Å². The number of hydrogen-bond donors (Lipinski definition) is 0. The van der Waals surface area contributed by atoms with Gasteiger partial charge in [0.1, 0.15) is 5.75 Å².